The van der Waals surface area contributed by atoms with Gasteiger partial charge in [-0.3, -0.25) is 4.99 Å². The molecule has 4 nitrogen and oxygen atoms in total. The van der Waals surface area contributed by atoms with E-state index in [0.29, 0.717) is 12.0 Å². The number of thioether (sulfide) groups is 1. The van der Waals surface area contributed by atoms with E-state index in [1.165, 1.54) is 31.4 Å². The Bertz CT molecular complexity index is 361. The summed E-state index contributed by atoms with van der Waals surface area (Å²) in [7, 11) is 1.86. The Kier molecular flexibility index (Phi) is 6.87. The highest BCUT2D eigenvalue weighted by Gasteiger charge is 2.35. The first-order chi connectivity index (χ1) is 10.5. The maximum Gasteiger partial charge on any atom is 0.191 e. The molecule has 2 rings (SSSR count). The number of nitrogens with one attached hydrogen (secondary N) is 2. The fourth-order valence-electron chi connectivity index (χ4n) is 3.47. The highest BCUT2D eigenvalue weighted by atomic mass is 32.2. The maximum atomic E-state index is 6.06. The monoisotopic (exact) mass is 327 g/mol. The molecule has 0 radical (unpaired) electrons. The Balaban J connectivity index is 1.78. The van der Waals surface area contributed by atoms with Gasteiger partial charge in [-0.2, -0.15) is 11.8 Å². The lowest BCUT2D eigenvalue weighted by Gasteiger charge is -2.40. The van der Waals surface area contributed by atoms with Gasteiger partial charge in [0.1, 0.15) is 0 Å². The number of hydrogen-bond donors (Lipinski definition) is 2. The van der Waals surface area contributed by atoms with Crippen LogP contribution >= 0.6 is 11.8 Å². The van der Waals surface area contributed by atoms with Crippen LogP contribution in [-0.2, 0) is 4.74 Å². The molecule has 0 aromatic heterocycles. The topological polar surface area (TPSA) is 45.7 Å². The standard InChI is InChI=1S/C17H33N3OS/c1-17(2,3)15-13(7-5-9-21-15)11-19-16(18-4)20-12-14-8-6-10-22-14/h13-15H,5-12H2,1-4H3,(H2,18,19,20). The van der Waals surface area contributed by atoms with Crippen molar-refractivity contribution in [2.45, 2.75) is 57.8 Å². The lowest BCUT2D eigenvalue weighted by Crippen LogP contribution is -2.48. The van der Waals surface area contributed by atoms with Crippen LogP contribution in [0.3, 0.4) is 0 Å². The van der Waals surface area contributed by atoms with Gasteiger partial charge in [-0.05, 0) is 36.9 Å². The molecule has 0 aliphatic carbocycles. The molecule has 2 aliphatic heterocycles. The minimum atomic E-state index is 0.199. The first-order valence-electron chi connectivity index (χ1n) is 8.68. The Hall–Kier alpha value is -0.420. The maximum absolute atomic E-state index is 6.06. The van der Waals surface area contributed by atoms with Gasteiger partial charge in [0.05, 0.1) is 6.10 Å². The third-order valence-electron chi connectivity index (χ3n) is 4.57. The van der Waals surface area contributed by atoms with E-state index in [4.69, 9.17) is 4.74 Å². The summed E-state index contributed by atoms with van der Waals surface area (Å²) in [5, 5.41) is 7.75. The number of nitrogens with zero attached hydrogens (tertiary/aromatic N) is 1. The van der Waals surface area contributed by atoms with Crippen LogP contribution in [0.25, 0.3) is 0 Å². The second-order valence-electron chi connectivity index (χ2n) is 7.53. The van der Waals surface area contributed by atoms with Crippen LogP contribution in [0.2, 0.25) is 0 Å². The normalized spacial score (nSPS) is 30.4. The van der Waals surface area contributed by atoms with Crippen molar-refractivity contribution in [1.29, 1.82) is 0 Å². The van der Waals surface area contributed by atoms with Gasteiger partial charge in [-0.15, -0.1) is 0 Å². The van der Waals surface area contributed by atoms with Crippen molar-refractivity contribution in [3.63, 3.8) is 0 Å². The molecule has 5 heteroatoms. The van der Waals surface area contributed by atoms with E-state index in [1.54, 1.807) is 0 Å². The van der Waals surface area contributed by atoms with Gasteiger partial charge in [-0.1, -0.05) is 20.8 Å². The van der Waals surface area contributed by atoms with Crippen molar-refractivity contribution >= 4 is 17.7 Å². The Morgan fingerprint density at radius 2 is 1.95 bits per heavy atom. The smallest absolute Gasteiger partial charge is 0.191 e. The van der Waals surface area contributed by atoms with Gasteiger partial charge in [0, 0.05) is 37.9 Å². The molecule has 3 atom stereocenters. The molecule has 0 bridgehead atoms. The molecule has 0 saturated carbocycles. The molecular weight excluding hydrogens is 294 g/mol. The van der Waals surface area contributed by atoms with Crippen LogP contribution < -0.4 is 10.6 Å². The molecule has 2 saturated heterocycles. The van der Waals surface area contributed by atoms with Crippen LogP contribution in [0.1, 0.15) is 46.5 Å². The SMILES string of the molecule is CN=C(NCC1CCCS1)NCC1CCCOC1C(C)(C)C. The summed E-state index contributed by atoms with van der Waals surface area (Å²) in [5.41, 5.74) is 0.199. The van der Waals surface area contributed by atoms with Crippen LogP contribution in [0, 0.1) is 11.3 Å². The van der Waals surface area contributed by atoms with Gasteiger partial charge in [0.15, 0.2) is 5.96 Å². The summed E-state index contributed by atoms with van der Waals surface area (Å²) in [5.74, 6) is 2.81. The highest BCUT2D eigenvalue weighted by Crippen LogP contribution is 2.33. The fourth-order valence-corrected chi connectivity index (χ4v) is 4.67. The van der Waals surface area contributed by atoms with E-state index in [9.17, 15) is 0 Å². The molecule has 3 unspecified atom stereocenters. The summed E-state index contributed by atoms with van der Waals surface area (Å²) < 4.78 is 6.06. The molecule has 2 N–H and O–H groups in total. The minimum absolute atomic E-state index is 0.199. The second kappa shape index (κ2) is 8.44. The molecule has 2 aliphatic rings. The summed E-state index contributed by atoms with van der Waals surface area (Å²) in [6, 6.07) is 0. The summed E-state index contributed by atoms with van der Waals surface area (Å²) in [6.07, 6.45) is 5.43. The van der Waals surface area contributed by atoms with Crippen molar-refractivity contribution < 1.29 is 4.74 Å². The summed E-state index contributed by atoms with van der Waals surface area (Å²) in [6.45, 7) is 9.71. The van der Waals surface area contributed by atoms with E-state index in [-0.39, 0.29) is 5.41 Å². The van der Waals surface area contributed by atoms with E-state index >= 15 is 0 Å². The van der Waals surface area contributed by atoms with E-state index < -0.39 is 0 Å². The Morgan fingerprint density at radius 3 is 2.59 bits per heavy atom. The molecule has 128 valence electrons. The van der Waals surface area contributed by atoms with Crippen molar-refractivity contribution in [2.75, 3.05) is 32.5 Å². The van der Waals surface area contributed by atoms with Crippen LogP contribution in [0.5, 0.6) is 0 Å². The fraction of sp³-hybridized carbons (Fsp3) is 0.941. The predicted octanol–water partition coefficient (Wildman–Crippen LogP) is 2.89. The first-order valence-corrected chi connectivity index (χ1v) is 9.73. The molecule has 0 amide bonds. The zero-order valence-corrected chi connectivity index (χ0v) is 15.5. The Labute approximate surface area is 140 Å². The van der Waals surface area contributed by atoms with E-state index in [1.807, 2.05) is 7.05 Å². The Morgan fingerprint density at radius 1 is 1.18 bits per heavy atom. The van der Waals surface area contributed by atoms with Gasteiger partial charge in [0.25, 0.3) is 0 Å². The molecule has 2 fully saturated rings. The minimum Gasteiger partial charge on any atom is -0.377 e. The lowest BCUT2D eigenvalue weighted by molar-refractivity contribution is -0.0835. The molecule has 0 spiro atoms. The number of aliphatic imine (C=N–C) groups is 1. The number of guanidine groups is 1. The molecule has 0 aromatic carbocycles. The molecule has 0 aromatic rings. The lowest BCUT2D eigenvalue weighted by atomic mass is 9.78. The van der Waals surface area contributed by atoms with E-state index in [0.717, 1.165) is 30.9 Å². The number of rotatable bonds is 4. The highest BCUT2D eigenvalue weighted by molar-refractivity contribution is 8.00. The molecular formula is C17H33N3OS. The zero-order chi connectivity index (χ0) is 16.0. The van der Waals surface area contributed by atoms with Crippen LogP contribution in [0.15, 0.2) is 4.99 Å². The predicted molar refractivity (Wildman–Crippen MR) is 96.8 cm³/mol. The third kappa shape index (κ3) is 5.34. The van der Waals surface area contributed by atoms with Crippen molar-refractivity contribution in [2.24, 2.45) is 16.3 Å². The quantitative estimate of drug-likeness (QED) is 0.616. The largest absolute Gasteiger partial charge is 0.377 e. The zero-order valence-electron chi connectivity index (χ0n) is 14.7. The van der Waals surface area contributed by atoms with Crippen molar-refractivity contribution in [3.8, 4) is 0 Å². The van der Waals surface area contributed by atoms with Crippen molar-refractivity contribution in [1.82, 2.24) is 10.6 Å². The average molecular weight is 328 g/mol. The van der Waals surface area contributed by atoms with E-state index in [2.05, 4.69) is 48.2 Å². The number of ether oxygens (including phenoxy) is 1. The van der Waals surface area contributed by atoms with Crippen molar-refractivity contribution in [3.05, 3.63) is 0 Å². The number of hydrogen-bond acceptors (Lipinski definition) is 3. The van der Waals surface area contributed by atoms with Crippen LogP contribution in [-0.4, -0.2) is 49.8 Å². The first kappa shape index (κ1) is 17.9. The summed E-state index contributed by atoms with van der Waals surface area (Å²) >= 11 is 2.08. The summed E-state index contributed by atoms with van der Waals surface area (Å²) in [4.78, 5) is 4.36. The van der Waals surface area contributed by atoms with Gasteiger partial charge < -0.3 is 15.4 Å². The second-order valence-corrected chi connectivity index (χ2v) is 8.94. The third-order valence-corrected chi connectivity index (χ3v) is 5.97. The average Bonchev–Trinajstić information content (AvgIpc) is 3.00. The van der Waals surface area contributed by atoms with Gasteiger partial charge in [-0.25, -0.2) is 0 Å². The van der Waals surface area contributed by atoms with Gasteiger partial charge in [0.2, 0.25) is 0 Å². The molecule has 22 heavy (non-hydrogen) atoms. The van der Waals surface area contributed by atoms with Gasteiger partial charge >= 0.3 is 0 Å². The molecule has 2 heterocycles. The van der Waals surface area contributed by atoms with Crippen LogP contribution in [0.4, 0.5) is 0 Å².